The van der Waals surface area contributed by atoms with E-state index in [4.69, 9.17) is 10.5 Å². The number of nitrogens with zero attached hydrogens (tertiary/aromatic N) is 2. The Labute approximate surface area is 117 Å². The number of hydrogen-bond donors (Lipinski definition) is 2. The van der Waals surface area contributed by atoms with Crippen LogP contribution < -0.4 is 11.1 Å². The Bertz CT molecular complexity index is 606. The van der Waals surface area contributed by atoms with Crippen molar-refractivity contribution in [1.29, 1.82) is 0 Å². The summed E-state index contributed by atoms with van der Waals surface area (Å²) in [4.78, 5) is 16.0. The Balaban J connectivity index is 2.06. The van der Waals surface area contributed by atoms with Crippen molar-refractivity contribution in [3.63, 3.8) is 0 Å². The van der Waals surface area contributed by atoms with E-state index >= 15 is 0 Å². The van der Waals surface area contributed by atoms with Crippen LogP contribution in [0.5, 0.6) is 0 Å². The number of benzene rings is 1. The lowest BCUT2D eigenvalue weighted by Gasteiger charge is -2.08. The van der Waals surface area contributed by atoms with Crippen molar-refractivity contribution < 1.29 is 9.53 Å². The average Bonchev–Trinajstić information content (AvgIpc) is 2.74. The number of aromatic nitrogens is 2. The molecule has 1 aromatic heterocycles. The summed E-state index contributed by atoms with van der Waals surface area (Å²) >= 11 is 0. The van der Waals surface area contributed by atoms with E-state index in [9.17, 15) is 4.79 Å². The highest BCUT2D eigenvalue weighted by Crippen LogP contribution is 2.21. The number of fused-ring (bicyclic) bond motifs is 1. The molecule has 1 aromatic carbocycles. The third-order valence-corrected chi connectivity index (χ3v) is 3.19. The minimum atomic E-state index is -0.0168. The van der Waals surface area contributed by atoms with E-state index in [1.165, 1.54) is 0 Å². The Morgan fingerprint density at radius 3 is 3.05 bits per heavy atom. The molecule has 6 heteroatoms. The highest BCUT2D eigenvalue weighted by atomic mass is 16.5. The summed E-state index contributed by atoms with van der Waals surface area (Å²) < 4.78 is 6.77. The smallest absolute Gasteiger partial charge is 0.221 e. The van der Waals surface area contributed by atoms with Crippen LogP contribution in [0.4, 0.5) is 5.95 Å². The monoisotopic (exact) mass is 276 g/mol. The van der Waals surface area contributed by atoms with E-state index < -0.39 is 0 Å². The molecule has 0 radical (unpaired) electrons. The molecule has 2 aromatic rings. The number of rotatable bonds is 6. The summed E-state index contributed by atoms with van der Waals surface area (Å²) in [6.45, 7) is 3.57. The number of nitrogen functional groups attached to an aromatic ring is 1. The zero-order valence-corrected chi connectivity index (χ0v) is 11.8. The number of aryl methyl sites for hydroxylation is 2. The van der Waals surface area contributed by atoms with Crippen LogP contribution in [0, 0.1) is 6.92 Å². The number of methoxy groups -OCH3 is 1. The maximum Gasteiger partial charge on any atom is 0.221 e. The van der Waals surface area contributed by atoms with Gasteiger partial charge >= 0.3 is 0 Å². The second-order valence-electron chi connectivity index (χ2n) is 4.66. The number of hydrogen-bond acceptors (Lipinski definition) is 4. The van der Waals surface area contributed by atoms with Crippen LogP contribution in [0.1, 0.15) is 12.0 Å². The van der Waals surface area contributed by atoms with Gasteiger partial charge in [-0.15, -0.1) is 0 Å². The molecule has 0 aliphatic carbocycles. The predicted octanol–water partition coefficient (Wildman–Crippen LogP) is 1.08. The average molecular weight is 276 g/mol. The van der Waals surface area contributed by atoms with Gasteiger partial charge in [0.25, 0.3) is 0 Å². The van der Waals surface area contributed by atoms with E-state index in [1.807, 2.05) is 29.7 Å². The van der Waals surface area contributed by atoms with E-state index in [0.717, 1.165) is 16.6 Å². The van der Waals surface area contributed by atoms with Crippen molar-refractivity contribution in [3.8, 4) is 0 Å². The number of nitrogens with one attached hydrogen (secondary N) is 1. The summed E-state index contributed by atoms with van der Waals surface area (Å²) in [5.74, 6) is 0.427. The highest BCUT2D eigenvalue weighted by Gasteiger charge is 2.11. The molecule has 0 aliphatic heterocycles. The fraction of sp³-hybridized carbons (Fsp3) is 0.429. The summed E-state index contributed by atoms with van der Waals surface area (Å²) in [5, 5.41) is 2.79. The van der Waals surface area contributed by atoms with Crippen LogP contribution in [0.15, 0.2) is 18.2 Å². The van der Waals surface area contributed by atoms with Gasteiger partial charge in [0.2, 0.25) is 11.9 Å². The number of ether oxygens (including phenoxy) is 1. The molecular weight excluding hydrogens is 256 g/mol. The zero-order valence-electron chi connectivity index (χ0n) is 11.8. The Kier molecular flexibility index (Phi) is 4.57. The highest BCUT2D eigenvalue weighted by molar-refractivity contribution is 5.82. The first-order valence-corrected chi connectivity index (χ1v) is 6.60. The van der Waals surface area contributed by atoms with Crippen molar-refractivity contribution in [1.82, 2.24) is 14.9 Å². The van der Waals surface area contributed by atoms with Crippen LogP contribution >= 0.6 is 0 Å². The van der Waals surface area contributed by atoms with Crippen LogP contribution in [0.3, 0.4) is 0 Å². The molecule has 3 N–H and O–H groups in total. The lowest BCUT2D eigenvalue weighted by atomic mass is 10.2. The molecular formula is C14H20N4O2. The van der Waals surface area contributed by atoms with Gasteiger partial charge < -0.3 is 20.4 Å². The molecule has 0 saturated heterocycles. The summed E-state index contributed by atoms with van der Waals surface area (Å²) in [5.41, 5.74) is 8.89. The van der Waals surface area contributed by atoms with Gasteiger partial charge in [-0.25, -0.2) is 4.98 Å². The number of imidazole rings is 1. The lowest BCUT2D eigenvalue weighted by Crippen LogP contribution is -2.27. The fourth-order valence-electron chi connectivity index (χ4n) is 2.20. The normalized spacial score (nSPS) is 10.9. The van der Waals surface area contributed by atoms with Crippen molar-refractivity contribution in [2.24, 2.45) is 0 Å². The van der Waals surface area contributed by atoms with Gasteiger partial charge in [-0.2, -0.15) is 0 Å². The Morgan fingerprint density at radius 2 is 2.30 bits per heavy atom. The minimum Gasteiger partial charge on any atom is -0.383 e. The number of amides is 1. The van der Waals surface area contributed by atoms with E-state index in [1.54, 1.807) is 7.11 Å². The second kappa shape index (κ2) is 6.38. The molecule has 1 amide bonds. The quantitative estimate of drug-likeness (QED) is 0.773. The second-order valence-corrected chi connectivity index (χ2v) is 4.66. The Morgan fingerprint density at radius 1 is 1.50 bits per heavy atom. The maximum absolute atomic E-state index is 11.7. The minimum absolute atomic E-state index is 0.0168. The van der Waals surface area contributed by atoms with Gasteiger partial charge in [0.15, 0.2) is 0 Å². The molecule has 20 heavy (non-hydrogen) atoms. The molecule has 6 nitrogen and oxygen atoms in total. The van der Waals surface area contributed by atoms with Gasteiger partial charge in [0, 0.05) is 26.6 Å². The van der Waals surface area contributed by atoms with Gasteiger partial charge in [0.1, 0.15) is 0 Å². The van der Waals surface area contributed by atoms with Gasteiger partial charge in [-0.05, 0) is 18.6 Å². The standard InChI is InChI=1S/C14H20N4O2/c1-10-4-3-5-11-13(10)18(14(15)17-11)8-6-12(19)16-7-9-20-2/h3-5H,6-9H2,1-2H3,(H2,15,17)(H,16,19). The lowest BCUT2D eigenvalue weighted by molar-refractivity contribution is -0.121. The number of carbonyl (C=O) groups is 1. The summed E-state index contributed by atoms with van der Waals surface area (Å²) in [6, 6.07) is 5.89. The van der Waals surface area contributed by atoms with E-state index in [2.05, 4.69) is 10.3 Å². The molecule has 0 atom stereocenters. The van der Waals surface area contributed by atoms with Crippen LogP contribution in [0.25, 0.3) is 11.0 Å². The van der Waals surface area contributed by atoms with Crippen molar-refractivity contribution >= 4 is 22.9 Å². The Hall–Kier alpha value is -2.08. The zero-order chi connectivity index (χ0) is 14.5. The summed E-state index contributed by atoms with van der Waals surface area (Å²) in [7, 11) is 1.60. The summed E-state index contributed by atoms with van der Waals surface area (Å²) in [6.07, 6.45) is 0.369. The van der Waals surface area contributed by atoms with Crippen LogP contribution in [0.2, 0.25) is 0 Å². The molecule has 0 spiro atoms. The number of anilines is 1. The molecule has 0 saturated carbocycles. The fourth-order valence-corrected chi connectivity index (χ4v) is 2.20. The number of para-hydroxylation sites is 1. The first-order chi connectivity index (χ1) is 9.63. The molecule has 0 fully saturated rings. The van der Waals surface area contributed by atoms with Crippen LogP contribution in [-0.2, 0) is 16.1 Å². The van der Waals surface area contributed by atoms with Crippen molar-refractivity contribution in [2.75, 3.05) is 26.0 Å². The third-order valence-electron chi connectivity index (χ3n) is 3.19. The van der Waals surface area contributed by atoms with Crippen molar-refractivity contribution in [2.45, 2.75) is 19.9 Å². The molecule has 1 heterocycles. The first-order valence-electron chi connectivity index (χ1n) is 6.60. The first kappa shape index (κ1) is 14.3. The number of carbonyl (C=O) groups excluding carboxylic acids is 1. The van der Waals surface area contributed by atoms with E-state index in [0.29, 0.717) is 32.1 Å². The van der Waals surface area contributed by atoms with Gasteiger partial charge in [0.05, 0.1) is 17.6 Å². The molecule has 0 unspecified atom stereocenters. The predicted molar refractivity (Wildman–Crippen MR) is 78.4 cm³/mol. The molecule has 0 bridgehead atoms. The van der Waals surface area contributed by atoms with Crippen molar-refractivity contribution in [3.05, 3.63) is 23.8 Å². The molecule has 0 aliphatic rings. The molecule has 2 rings (SSSR count). The SMILES string of the molecule is COCCNC(=O)CCn1c(N)nc2cccc(C)c21. The molecule has 108 valence electrons. The maximum atomic E-state index is 11.7. The van der Waals surface area contributed by atoms with Gasteiger partial charge in [-0.1, -0.05) is 12.1 Å². The van der Waals surface area contributed by atoms with Crippen LogP contribution in [-0.4, -0.2) is 35.7 Å². The van der Waals surface area contributed by atoms with Gasteiger partial charge in [-0.3, -0.25) is 4.79 Å². The van der Waals surface area contributed by atoms with E-state index in [-0.39, 0.29) is 5.91 Å². The number of nitrogens with two attached hydrogens (primary N) is 1. The largest absolute Gasteiger partial charge is 0.383 e. The topological polar surface area (TPSA) is 82.2 Å². The third kappa shape index (κ3) is 3.08.